The average Bonchev–Trinajstić information content (AvgIpc) is 2.53. The SMILES string of the molecule is Cc1csc(=O)n1Cc1cnc(Cl)cn1. The van der Waals surface area contributed by atoms with E-state index in [9.17, 15) is 4.79 Å². The highest BCUT2D eigenvalue weighted by Crippen LogP contribution is 2.05. The lowest BCUT2D eigenvalue weighted by molar-refractivity contribution is 0.731. The van der Waals surface area contributed by atoms with Crippen molar-refractivity contribution in [2.24, 2.45) is 0 Å². The van der Waals surface area contributed by atoms with Crippen molar-refractivity contribution in [1.29, 1.82) is 0 Å². The van der Waals surface area contributed by atoms with Crippen LogP contribution >= 0.6 is 22.9 Å². The molecule has 2 aromatic rings. The molecule has 0 N–H and O–H groups in total. The van der Waals surface area contributed by atoms with Gasteiger partial charge in [-0.3, -0.25) is 14.3 Å². The van der Waals surface area contributed by atoms with Gasteiger partial charge in [-0.25, -0.2) is 4.98 Å². The first-order valence-corrected chi connectivity index (χ1v) is 5.54. The fourth-order valence-electron chi connectivity index (χ4n) is 1.18. The molecule has 0 atom stereocenters. The van der Waals surface area contributed by atoms with Gasteiger partial charge < -0.3 is 0 Å². The van der Waals surface area contributed by atoms with E-state index >= 15 is 0 Å². The Hall–Kier alpha value is -1.20. The molecule has 0 aliphatic heterocycles. The maximum Gasteiger partial charge on any atom is 0.307 e. The molecule has 0 spiro atoms. The van der Waals surface area contributed by atoms with E-state index in [0.29, 0.717) is 11.7 Å². The Balaban J connectivity index is 2.29. The second-order valence-electron chi connectivity index (χ2n) is 3.06. The van der Waals surface area contributed by atoms with Gasteiger partial charge in [0.1, 0.15) is 5.15 Å². The normalized spacial score (nSPS) is 10.5. The summed E-state index contributed by atoms with van der Waals surface area (Å²) < 4.78 is 1.66. The molecule has 0 unspecified atom stereocenters. The number of aryl methyl sites for hydroxylation is 1. The monoisotopic (exact) mass is 241 g/mol. The van der Waals surface area contributed by atoms with Crippen molar-refractivity contribution in [3.05, 3.63) is 44.0 Å². The van der Waals surface area contributed by atoms with Crippen molar-refractivity contribution in [3.8, 4) is 0 Å². The van der Waals surface area contributed by atoms with Gasteiger partial charge in [-0.2, -0.15) is 0 Å². The molecule has 6 heteroatoms. The van der Waals surface area contributed by atoms with Gasteiger partial charge in [0.25, 0.3) is 0 Å². The highest BCUT2D eigenvalue weighted by atomic mass is 35.5. The van der Waals surface area contributed by atoms with Crippen molar-refractivity contribution in [1.82, 2.24) is 14.5 Å². The van der Waals surface area contributed by atoms with Crippen molar-refractivity contribution >= 4 is 22.9 Å². The van der Waals surface area contributed by atoms with Crippen LogP contribution in [-0.2, 0) is 6.54 Å². The highest BCUT2D eigenvalue weighted by molar-refractivity contribution is 7.07. The van der Waals surface area contributed by atoms with Crippen LogP contribution in [-0.4, -0.2) is 14.5 Å². The fourth-order valence-corrected chi connectivity index (χ4v) is 2.01. The topological polar surface area (TPSA) is 47.8 Å². The number of thiazole rings is 1. The third-order valence-electron chi connectivity index (χ3n) is 1.97. The minimum atomic E-state index is 0.0178. The molecule has 4 nitrogen and oxygen atoms in total. The lowest BCUT2D eigenvalue weighted by Crippen LogP contribution is -2.16. The molecule has 0 amide bonds. The summed E-state index contributed by atoms with van der Waals surface area (Å²) in [6.45, 7) is 2.33. The van der Waals surface area contributed by atoms with Gasteiger partial charge in [0.15, 0.2) is 0 Å². The average molecular weight is 242 g/mol. The van der Waals surface area contributed by atoms with Crippen LogP contribution in [0.4, 0.5) is 0 Å². The summed E-state index contributed by atoms with van der Waals surface area (Å²) in [7, 11) is 0. The first kappa shape index (κ1) is 10.3. The maximum absolute atomic E-state index is 11.4. The molecule has 0 aliphatic carbocycles. The second kappa shape index (κ2) is 4.12. The van der Waals surface area contributed by atoms with Crippen LogP contribution in [0.15, 0.2) is 22.6 Å². The summed E-state index contributed by atoms with van der Waals surface area (Å²) in [6.07, 6.45) is 3.05. The number of hydrogen-bond acceptors (Lipinski definition) is 4. The molecule has 2 rings (SSSR count). The van der Waals surface area contributed by atoms with Gasteiger partial charge in [0.2, 0.25) is 0 Å². The highest BCUT2D eigenvalue weighted by Gasteiger charge is 2.04. The van der Waals surface area contributed by atoms with Gasteiger partial charge in [-0.05, 0) is 6.92 Å². The Morgan fingerprint density at radius 2 is 2.27 bits per heavy atom. The van der Waals surface area contributed by atoms with E-state index in [1.807, 2.05) is 12.3 Å². The van der Waals surface area contributed by atoms with E-state index in [1.54, 1.807) is 10.8 Å². The third kappa shape index (κ3) is 2.24. The summed E-state index contributed by atoms with van der Waals surface area (Å²) >= 11 is 6.80. The molecule has 2 heterocycles. The largest absolute Gasteiger partial charge is 0.307 e. The first-order chi connectivity index (χ1) is 7.16. The third-order valence-corrected chi connectivity index (χ3v) is 3.05. The predicted octanol–water partition coefficient (Wildman–Crippen LogP) is 1.71. The molecule has 0 bridgehead atoms. The van der Waals surface area contributed by atoms with Gasteiger partial charge in [0.05, 0.1) is 24.6 Å². The summed E-state index contributed by atoms with van der Waals surface area (Å²) in [4.78, 5) is 19.4. The zero-order chi connectivity index (χ0) is 10.8. The molecule has 15 heavy (non-hydrogen) atoms. The smallest absolute Gasteiger partial charge is 0.297 e. The molecule has 0 aliphatic rings. The zero-order valence-corrected chi connectivity index (χ0v) is 9.55. The number of hydrogen-bond donors (Lipinski definition) is 0. The Kier molecular flexibility index (Phi) is 2.83. The van der Waals surface area contributed by atoms with Crippen LogP contribution in [0.3, 0.4) is 0 Å². The van der Waals surface area contributed by atoms with Crippen LogP contribution in [0.25, 0.3) is 0 Å². The minimum absolute atomic E-state index is 0.0178. The van der Waals surface area contributed by atoms with Crippen molar-refractivity contribution in [3.63, 3.8) is 0 Å². The Morgan fingerprint density at radius 3 is 2.80 bits per heavy atom. The molecule has 0 saturated heterocycles. The Morgan fingerprint density at radius 1 is 1.47 bits per heavy atom. The van der Waals surface area contributed by atoms with E-state index < -0.39 is 0 Å². The number of aromatic nitrogens is 3. The molecule has 2 aromatic heterocycles. The molecule has 78 valence electrons. The fraction of sp³-hybridized carbons (Fsp3) is 0.222. The van der Waals surface area contributed by atoms with E-state index in [0.717, 1.165) is 11.4 Å². The lowest BCUT2D eigenvalue weighted by atomic mass is 10.4. The molecule has 0 saturated carbocycles. The minimum Gasteiger partial charge on any atom is -0.297 e. The zero-order valence-electron chi connectivity index (χ0n) is 7.98. The van der Waals surface area contributed by atoms with Gasteiger partial charge in [-0.1, -0.05) is 22.9 Å². The summed E-state index contributed by atoms with van der Waals surface area (Å²) in [5.74, 6) is 0. The van der Waals surface area contributed by atoms with E-state index in [4.69, 9.17) is 11.6 Å². The van der Waals surface area contributed by atoms with Crippen LogP contribution < -0.4 is 4.87 Å². The summed E-state index contributed by atoms with van der Waals surface area (Å²) in [5.41, 5.74) is 1.66. The first-order valence-electron chi connectivity index (χ1n) is 4.28. The van der Waals surface area contributed by atoms with Crippen molar-refractivity contribution in [2.45, 2.75) is 13.5 Å². The Bertz CT molecular complexity index is 517. The molecular formula is C9H8ClN3OS. The van der Waals surface area contributed by atoms with Crippen LogP contribution in [0.2, 0.25) is 5.15 Å². The van der Waals surface area contributed by atoms with Crippen LogP contribution in [0.5, 0.6) is 0 Å². The summed E-state index contributed by atoms with van der Waals surface area (Å²) in [6, 6.07) is 0. The number of rotatable bonds is 2. The van der Waals surface area contributed by atoms with Gasteiger partial charge >= 0.3 is 4.87 Å². The van der Waals surface area contributed by atoms with Crippen molar-refractivity contribution in [2.75, 3.05) is 0 Å². The quantitative estimate of drug-likeness (QED) is 0.804. The van der Waals surface area contributed by atoms with Crippen molar-refractivity contribution < 1.29 is 0 Å². The summed E-state index contributed by atoms with van der Waals surface area (Å²) in [5, 5.41) is 2.18. The molecule has 0 fully saturated rings. The standard InChI is InChI=1S/C9H8ClN3OS/c1-6-5-15-9(14)13(6)4-7-2-12-8(10)3-11-7/h2-3,5H,4H2,1H3. The maximum atomic E-state index is 11.4. The van der Waals surface area contributed by atoms with Crippen LogP contribution in [0, 0.1) is 6.92 Å². The number of halogens is 1. The van der Waals surface area contributed by atoms with E-state index in [2.05, 4.69) is 9.97 Å². The van der Waals surface area contributed by atoms with Gasteiger partial charge in [-0.15, -0.1) is 0 Å². The van der Waals surface area contributed by atoms with E-state index in [1.165, 1.54) is 17.5 Å². The molecule has 0 aromatic carbocycles. The lowest BCUT2D eigenvalue weighted by Gasteiger charge is -2.02. The predicted molar refractivity (Wildman–Crippen MR) is 59.5 cm³/mol. The van der Waals surface area contributed by atoms with Gasteiger partial charge in [0, 0.05) is 11.1 Å². The second-order valence-corrected chi connectivity index (χ2v) is 4.27. The van der Waals surface area contributed by atoms with E-state index in [-0.39, 0.29) is 4.87 Å². The van der Waals surface area contributed by atoms with Crippen LogP contribution in [0.1, 0.15) is 11.4 Å². The molecule has 0 radical (unpaired) electrons. The molecular weight excluding hydrogens is 234 g/mol. The number of nitrogens with zero attached hydrogens (tertiary/aromatic N) is 3. The Labute approximate surface area is 95.2 Å².